The number of rotatable bonds is 2. The molecule has 0 aromatic carbocycles. The predicted octanol–water partition coefficient (Wildman–Crippen LogP) is 1.26. The molecular weight excluding hydrogens is 286 g/mol. The van der Waals surface area contributed by atoms with Crippen molar-refractivity contribution >= 4 is 15.5 Å². The van der Waals surface area contributed by atoms with Crippen molar-refractivity contribution in [2.45, 2.75) is 25.1 Å². The van der Waals surface area contributed by atoms with Gasteiger partial charge in [-0.25, -0.2) is 13.4 Å². The van der Waals surface area contributed by atoms with E-state index < -0.39 is 9.84 Å². The molecule has 0 amide bonds. The van der Waals surface area contributed by atoms with Gasteiger partial charge in [0.2, 0.25) is 0 Å². The largest absolute Gasteiger partial charge is 0.307 e. The van der Waals surface area contributed by atoms with E-state index in [1.807, 2.05) is 16.7 Å². The Morgan fingerprint density at radius 1 is 1.29 bits per heavy atom. The van der Waals surface area contributed by atoms with Crippen LogP contribution in [-0.4, -0.2) is 46.8 Å². The van der Waals surface area contributed by atoms with Crippen molar-refractivity contribution in [1.29, 1.82) is 0 Å². The van der Waals surface area contributed by atoms with Gasteiger partial charge in [0, 0.05) is 32.0 Å². The lowest BCUT2D eigenvalue weighted by Crippen LogP contribution is -2.26. The van der Waals surface area contributed by atoms with Gasteiger partial charge in [-0.1, -0.05) is 6.07 Å². The molecule has 0 unspecified atom stereocenters. The van der Waals surface area contributed by atoms with E-state index in [9.17, 15) is 8.42 Å². The second kappa shape index (κ2) is 4.55. The number of nitrogens with zero attached hydrogens (tertiary/aromatic N) is 3. The van der Waals surface area contributed by atoms with Crippen LogP contribution in [0.5, 0.6) is 0 Å². The van der Waals surface area contributed by atoms with E-state index >= 15 is 0 Å². The molecule has 0 saturated carbocycles. The van der Waals surface area contributed by atoms with E-state index in [2.05, 4.69) is 29.1 Å². The average molecular weight is 305 g/mol. The number of aryl methyl sites for hydroxylation is 1. The zero-order chi connectivity index (χ0) is 14.6. The Balaban J connectivity index is 1.54. The normalized spacial score (nSPS) is 28.2. The second-order valence-corrected chi connectivity index (χ2v) is 8.69. The van der Waals surface area contributed by atoms with Crippen LogP contribution in [0, 0.1) is 12.8 Å². The van der Waals surface area contributed by atoms with Gasteiger partial charge in [0.05, 0.1) is 16.7 Å². The fourth-order valence-corrected chi connectivity index (χ4v) is 5.85. The van der Waals surface area contributed by atoms with Gasteiger partial charge < -0.3 is 4.40 Å². The van der Waals surface area contributed by atoms with Gasteiger partial charge in [-0.15, -0.1) is 0 Å². The molecule has 2 aromatic heterocycles. The van der Waals surface area contributed by atoms with Crippen LogP contribution >= 0.6 is 0 Å². The lowest BCUT2D eigenvalue weighted by atomic mass is 10.1. The first-order valence-corrected chi connectivity index (χ1v) is 9.11. The molecule has 2 fully saturated rings. The Kier molecular flexibility index (Phi) is 2.87. The summed E-state index contributed by atoms with van der Waals surface area (Å²) in [7, 11) is -2.85. The van der Waals surface area contributed by atoms with Crippen LogP contribution in [0.4, 0.5) is 0 Å². The highest BCUT2D eigenvalue weighted by Gasteiger charge is 2.46. The Morgan fingerprint density at radius 2 is 2.14 bits per heavy atom. The highest BCUT2D eigenvalue weighted by molar-refractivity contribution is 7.92. The number of imidazole rings is 1. The van der Waals surface area contributed by atoms with Crippen molar-refractivity contribution in [3.8, 4) is 0 Å². The van der Waals surface area contributed by atoms with Gasteiger partial charge in [-0.05, 0) is 30.9 Å². The van der Waals surface area contributed by atoms with Crippen LogP contribution in [0.3, 0.4) is 0 Å². The van der Waals surface area contributed by atoms with E-state index in [1.54, 1.807) is 0 Å². The van der Waals surface area contributed by atoms with Crippen LogP contribution in [-0.2, 0) is 16.4 Å². The van der Waals surface area contributed by atoms with Gasteiger partial charge in [-0.3, -0.25) is 4.90 Å². The molecule has 0 spiro atoms. The minimum absolute atomic E-state index is 0.142. The third-order valence-electron chi connectivity index (χ3n) is 4.73. The van der Waals surface area contributed by atoms with Crippen LogP contribution in [0.1, 0.15) is 17.7 Å². The SMILES string of the molecule is Cc1ccc2nc(CN3C[C@@H]4CCS(=O)(=O)[C@@H]4C3)cn2c1. The summed E-state index contributed by atoms with van der Waals surface area (Å²) in [4.78, 5) is 6.86. The van der Waals surface area contributed by atoms with Gasteiger partial charge in [-0.2, -0.15) is 0 Å². The smallest absolute Gasteiger partial charge is 0.154 e. The fraction of sp³-hybridized carbons (Fsp3) is 0.533. The van der Waals surface area contributed by atoms with Crippen LogP contribution < -0.4 is 0 Å². The van der Waals surface area contributed by atoms with Crippen molar-refractivity contribution in [3.05, 3.63) is 35.8 Å². The quantitative estimate of drug-likeness (QED) is 0.838. The van der Waals surface area contributed by atoms with Gasteiger partial charge in [0.25, 0.3) is 0 Å². The molecular formula is C15H19N3O2S. The zero-order valence-electron chi connectivity index (χ0n) is 12.1. The third-order valence-corrected chi connectivity index (χ3v) is 6.99. The van der Waals surface area contributed by atoms with E-state index in [1.165, 1.54) is 5.56 Å². The summed E-state index contributed by atoms with van der Waals surface area (Å²) >= 11 is 0. The number of fused-ring (bicyclic) bond motifs is 2. The van der Waals surface area contributed by atoms with Crippen molar-refractivity contribution in [3.63, 3.8) is 0 Å². The second-order valence-electron chi connectivity index (χ2n) is 6.35. The molecule has 2 aliphatic rings. The molecule has 4 rings (SSSR count). The molecule has 0 radical (unpaired) electrons. The molecule has 2 saturated heterocycles. The molecule has 0 N–H and O–H groups in total. The highest BCUT2D eigenvalue weighted by Crippen LogP contribution is 2.34. The number of hydrogen-bond acceptors (Lipinski definition) is 4. The topological polar surface area (TPSA) is 54.7 Å². The molecule has 112 valence electrons. The predicted molar refractivity (Wildman–Crippen MR) is 80.9 cm³/mol. The summed E-state index contributed by atoms with van der Waals surface area (Å²) in [6, 6.07) is 4.07. The number of likely N-dealkylation sites (tertiary alicyclic amines) is 1. The molecule has 0 bridgehead atoms. The summed E-state index contributed by atoms with van der Waals surface area (Å²) < 4.78 is 26.0. The number of sulfone groups is 1. The molecule has 2 aromatic rings. The molecule has 2 atom stereocenters. The van der Waals surface area contributed by atoms with E-state index in [-0.39, 0.29) is 5.25 Å². The molecule has 2 aliphatic heterocycles. The van der Waals surface area contributed by atoms with Crippen LogP contribution in [0.2, 0.25) is 0 Å². The first kappa shape index (κ1) is 13.3. The third kappa shape index (κ3) is 2.26. The lowest BCUT2D eigenvalue weighted by Gasteiger charge is -2.14. The first-order valence-electron chi connectivity index (χ1n) is 7.39. The minimum atomic E-state index is -2.85. The Hall–Kier alpha value is -1.40. The number of aromatic nitrogens is 2. The Labute approximate surface area is 124 Å². The Bertz CT molecular complexity index is 796. The summed E-state index contributed by atoms with van der Waals surface area (Å²) in [5, 5.41) is -0.142. The number of hydrogen-bond donors (Lipinski definition) is 0. The van der Waals surface area contributed by atoms with E-state index in [4.69, 9.17) is 0 Å². The monoisotopic (exact) mass is 305 g/mol. The zero-order valence-corrected chi connectivity index (χ0v) is 12.9. The van der Waals surface area contributed by atoms with Gasteiger partial charge >= 0.3 is 0 Å². The fourth-order valence-electron chi connectivity index (χ4n) is 3.67. The summed E-state index contributed by atoms with van der Waals surface area (Å²) in [6.07, 6.45) is 4.94. The molecule has 4 heterocycles. The molecule has 5 nitrogen and oxygen atoms in total. The summed E-state index contributed by atoms with van der Waals surface area (Å²) in [5.74, 6) is 0.707. The molecule has 6 heteroatoms. The molecule has 21 heavy (non-hydrogen) atoms. The van der Waals surface area contributed by atoms with Crippen LogP contribution in [0.15, 0.2) is 24.5 Å². The lowest BCUT2D eigenvalue weighted by molar-refractivity contribution is 0.311. The number of pyridine rings is 1. The maximum absolute atomic E-state index is 12.0. The first-order chi connectivity index (χ1) is 10.0. The van der Waals surface area contributed by atoms with Crippen molar-refractivity contribution in [2.75, 3.05) is 18.8 Å². The highest BCUT2D eigenvalue weighted by atomic mass is 32.2. The molecule has 0 aliphatic carbocycles. The summed E-state index contributed by atoms with van der Waals surface area (Å²) in [6.45, 7) is 4.35. The van der Waals surface area contributed by atoms with Gasteiger partial charge in [0.15, 0.2) is 9.84 Å². The maximum Gasteiger partial charge on any atom is 0.154 e. The maximum atomic E-state index is 12.0. The minimum Gasteiger partial charge on any atom is -0.307 e. The van der Waals surface area contributed by atoms with Crippen molar-refractivity contribution in [1.82, 2.24) is 14.3 Å². The van der Waals surface area contributed by atoms with Crippen molar-refractivity contribution < 1.29 is 8.42 Å². The Morgan fingerprint density at radius 3 is 2.95 bits per heavy atom. The van der Waals surface area contributed by atoms with E-state index in [0.29, 0.717) is 18.2 Å². The van der Waals surface area contributed by atoms with Crippen molar-refractivity contribution in [2.24, 2.45) is 5.92 Å². The summed E-state index contributed by atoms with van der Waals surface area (Å²) in [5.41, 5.74) is 3.16. The van der Waals surface area contributed by atoms with E-state index in [0.717, 1.165) is 30.9 Å². The van der Waals surface area contributed by atoms with Crippen LogP contribution in [0.25, 0.3) is 5.65 Å². The standard InChI is InChI=1S/C15H19N3O2S/c1-11-2-3-15-16-13(9-18(15)6-11)8-17-7-12-4-5-21(19,20)14(12)10-17/h2-3,6,9,12,14H,4-5,7-8,10H2,1H3/t12-,14+/m0/s1. The van der Waals surface area contributed by atoms with Gasteiger partial charge in [0.1, 0.15) is 5.65 Å². The average Bonchev–Trinajstić information content (AvgIpc) is 3.06.